The molecule has 5 nitrogen and oxygen atoms in total. The van der Waals surface area contributed by atoms with Gasteiger partial charge in [-0.1, -0.05) is 35.0 Å². The van der Waals surface area contributed by atoms with E-state index in [1.54, 1.807) is 48.5 Å². The van der Waals surface area contributed by atoms with Gasteiger partial charge in [0.25, 0.3) is 11.5 Å². The minimum Gasteiger partial charge on any atom is -0.506 e. The highest BCUT2D eigenvalue weighted by molar-refractivity contribution is 9.10. The molecule has 0 atom stereocenters. The second-order valence-electron chi connectivity index (χ2n) is 5.66. The van der Waals surface area contributed by atoms with E-state index in [1.165, 1.54) is 4.57 Å². The fourth-order valence-electron chi connectivity index (χ4n) is 2.77. The van der Waals surface area contributed by atoms with Crippen molar-refractivity contribution in [1.82, 2.24) is 4.57 Å². The summed E-state index contributed by atoms with van der Waals surface area (Å²) in [5.74, 6) is -0.914. The molecule has 3 rings (SSSR count). The van der Waals surface area contributed by atoms with Gasteiger partial charge in [0.1, 0.15) is 11.3 Å². The van der Waals surface area contributed by atoms with Crippen molar-refractivity contribution in [2.45, 2.75) is 19.9 Å². The molecule has 0 saturated carbocycles. The number of para-hydroxylation sites is 1. The average molecular weight is 401 g/mol. The lowest BCUT2D eigenvalue weighted by Crippen LogP contribution is -2.29. The van der Waals surface area contributed by atoms with Crippen molar-refractivity contribution in [2.24, 2.45) is 0 Å². The van der Waals surface area contributed by atoms with Crippen LogP contribution in [-0.4, -0.2) is 15.6 Å². The molecule has 2 aromatic carbocycles. The van der Waals surface area contributed by atoms with E-state index in [4.69, 9.17) is 0 Å². The lowest BCUT2D eigenvalue weighted by molar-refractivity contribution is 0.102. The third-order valence-corrected chi connectivity index (χ3v) is 4.45. The summed E-state index contributed by atoms with van der Waals surface area (Å²) in [4.78, 5) is 25.5. The highest BCUT2D eigenvalue weighted by Crippen LogP contribution is 2.27. The van der Waals surface area contributed by atoms with Gasteiger partial charge in [-0.2, -0.15) is 0 Å². The minimum absolute atomic E-state index is 0.241. The van der Waals surface area contributed by atoms with Gasteiger partial charge in [-0.15, -0.1) is 0 Å². The number of amides is 1. The van der Waals surface area contributed by atoms with Crippen molar-refractivity contribution in [1.29, 1.82) is 0 Å². The third-order valence-electron chi connectivity index (χ3n) is 3.92. The Bertz CT molecular complexity index is 994. The minimum atomic E-state index is -0.625. The molecule has 1 aromatic heterocycles. The van der Waals surface area contributed by atoms with Gasteiger partial charge in [-0.3, -0.25) is 9.59 Å². The first-order chi connectivity index (χ1) is 12.0. The van der Waals surface area contributed by atoms with Gasteiger partial charge in [0.05, 0.1) is 5.52 Å². The van der Waals surface area contributed by atoms with Crippen molar-refractivity contribution >= 4 is 38.4 Å². The Kier molecular flexibility index (Phi) is 4.90. The topological polar surface area (TPSA) is 71.3 Å². The number of nitrogens with zero attached hydrogens (tertiary/aromatic N) is 1. The van der Waals surface area contributed by atoms with Crippen molar-refractivity contribution in [2.75, 3.05) is 5.32 Å². The summed E-state index contributed by atoms with van der Waals surface area (Å²) in [6.07, 6.45) is 0.739. The van der Waals surface area contributed by atoms with E-state index >= 15 is 0 Å². The number of halogens is 1. The summed E-state index contributed by atoms with van der Waals surface area (Å²) in [5, 5.41) is 13.7. The molecule has 0 unspecified atom stereocenters. The molecule has 128 valence electrons. The van der Waals surface area contributed by atoms with E-state index in [1.807, 2.05) is 6.92 Å². The number of hydrogen-bond acceptors (Lipinski definition) is 3. The van der Waals surface area contributed by atoms with Crippen LogP contribution in [0.4, 0.5) is 5.69 Å². The second kappa shape index (κ2) is 7.11. The van der Waals surface area contributed by atoms with Gasteiger partial charge in [0, 0.05) is 22.1 Å². The van der Waals surface area contributed by atoms with E-state index in [2.05, 4.69) is 21.2 Å². The number of fused-ring (bicyclic) bond motifs is 1. The largest absolute Gasteiger partial charge is 0.506 e. The molecule has 25 heavy (non-hydrogen) atoms. The van der Waals surface area contributed by atoms with Crippen LogP contribution in [0.2, 0.25) is 0 Å². The van der Waals surface area contributed by atoms with Gasteiger partial charge in [0.2, 0.25) is 0 Å². The fraction of sp³-hybridized carbons (Fsp3) is 0.158. The molecule has 0 aliphatic rings. The highest BCUT2D eigenvalue weighted by atomic mass is 79.9. The lowest BCUT2D eigenvalue weighted by atomic mass is 10.1. The lowest BCUT2D eigenvalue weighted by Gasteiger charge is -2.14. The zero-order chi connectivity index (χ0) is 18.0. The first-order valence-corrected chi connectivity index (χ1v) is 8.73. The summed E-state index contributed by atoms with van der Waals surface area (Å²) < 4.78 is 2.41. The van der Waals surface area contributed by atoms with Crippen molar-refractivity contribution in [3.63, 3.8) is 0 Å². The Balaban J connectivity index is 2.13. The van der Waals surface area contributed by atoms with Crippen LogP contribution < -0.4 is 10.9 Å². The number of rotatable bonds is 4. The molecule has 1 amide bonds. The maximum atomic E-state index is 12.8. The Morgan fingerprint density at radius 1 is 1.16 bits per heavy atom. The van der Waals surface area contributed by atoms with Crippen LogP contribution in [-0.2, 0) is 6.54 Å². The van der Waals surface area contributed by atoms with E-state index < -0.39 is 11.5 Å². The number of anilines is 1. The summed E-state index contributed by atoms with van der Waals surface area (Å²) in [7, 11) is 0. The van der Waals surface area contributed by atoms with Crippen LogP contribution in [0.15, 0.2) is 57.8 Å². The quantitative estimate of drug-likeness (QED) is 0.691. The fourth-order valence-corrected chi connectivity index (χ4v) is 3.03. The molecular formula is C19H17BrN2O3. The first-order valence-electron chi connectivity index (χ1n) is 7.94. The van der Waals surface area contributed by atoms with Gasteiger partial charge >= 0.3 is 0 Å². The maximum absolute atomic E-state index is 12.8. The number of aromatic nitrogens is 1. The number of hydrogen-bond donors (Lipinski definition) is 2. The molecule has 0 aliphatic carbocycles. The zero-order valence-corrected chi connectivity index (χ0v) is 15.2. The number of carbonyl (C=O) groups is 1. The predicted molar refractivity (Wildman–Crippen MR) is 102 cm³/mol. The molecule has 0 radical (unpaired) electrons. The summed E-state index contributed by atoms with van der Waals surface area (Å²) >= 11 is 3.33. The number of pyridine rings is 1. The molecule has 0 fully saturated rings. The van der Waals surface area contributed by atoms with Crippen LogP contribution in [0, 0.1) is 0 Å². The van der Waals surface area contributed by atoms with Crippen LogP contribution in [0.5, 0.6) is 5.75 Å². The smallest absolute Gasteiger partial charge is 0.267 e. The third kappa shape index (κ3) is 3.30. The molecule has 0 saturated heterocycles. The number of benzene rings is 2. The number of aryl methyl sites for hydroxylation is 1. The predicted octanol–water partition coefficient (Wildman–Crippen LogP) is 4.13. The molecule has 0 spiro atoms. The van der Waals surface area contributed by atoms with E-state index in [9.17, 15) is 14.7 Å². The number of carbonyl (C=O) groups excluding carboxylic acids is 1. The number of aromatic hydroxyl groups is 1. The maximum Gasteiger partial charge on any atom is 0.267 e. The van der Waals surface area contributed by atoms with Crippen LogP contribution >= 0.6 is 15.9 Å². The van der Waals surface area contributed by atoms with Crippen molar-refractivity contribution in [3.8, 4) is 5.75 Å². The molecular weight excluding hydrogens is 384 g/mol. The van der Waals surface area contributed by atoms with Crippen LogP contribution in [0.3, 0.4) is 0 Å². The average Bonchev–Trinajstić information content (AvgIpc) is 2.61. The summed E-state index contributed by atoms with van der Waals surface area (Å²) in [6.45, 7) is 2.42. The summed E-state index contributed by atoms with van der Waals surface area (Å²) in [6, 6.07) is 14.0. The van der Waals surface area contributed by atoms with Crippen molar-refractivity contribution in [3.05, 3.63) is 68.9 Å². The molecule has 0 bridgehead atoms. The van der Waals surface area contributed by atoms with Crippen LogP contribution in [0.25, 0.3) is 10.9 Å². The Morgan fingerprint density at radius 2 is 1.84 bits per heavy atom. The highest BCUT2D eigenvalue weighted by Gasteiger charge is 2.22. The monoisotopic (exact) mass is 400 g/mol. The standard InChI is InChI=1S/C19H17BrN2O3/c1-2-11-22-15-6-4-3-5-14(15)17(23)16(19(22)25)18(24)21-13-9-7-12(20)8-10-13/h3-10,23H,2,11H2,1H3,(H,21,24). The summed E-state index contributed by atoms with van der Waals surface area (Å²) in [5.41, 5.74) is 0.428. The van der Waals surface area contributed by atoms with E-state index in [-0.39, 0.29) is 11.3 Å². The Labute approximate surface area is 153 Å². The zero-order valence-electron chi connectivity index (χ0n) is 13.6. The molecule has 6 heteroatoms. The molecule has 2 N–H and O–H groups in total. The van der Waals surface area contributed by atoms with Crippen LogP contribution in [0.1, 0.15) is 23.7 Å². The van der Waals surface area contributed by atoms with Gasteiger partial charge in [0.15, 0.2) is 0 Å². The Morgan fingerprint density at radius 3 is 2.52 bits per heavy atom. The molecule has 3 aromatic rings. The normalized spacial score (nSPS) is 10.8. The molecule has 0 aliphatic heterocycles. The van der Waals surface area contributed by atoms with E-state index in [0.29, 0.717) is 23.1 Å². The Hall–Kier alpha value is -2.60. The number of nitrogens with one attached hydrogen (secondary N) is 1. The van der Waals surface area contributed by atoms with Gasteiger partial charge in [-0.05, 0) is 42.8 Å². The first kappa shape index (κ1) is 17.2. The molecule has 1 heterocycles. The van der Waals surface area contributed by atoms with Crippen molar-refractivity contribution < 1.29 is 9.90 Å². The van der Waals surface area contributed by atoms with E-state index in [0.717, 1.165) is 10.9 Å². The van der Waals surface area contributed by atoms with Gasteiger partial charge < -0.3 is 15.0 Å². The SMILES string of the molecule is CCCn1c(=O)c(C(=O)Nc2ccc(Br)cc2)c(O)c2ccccc21. The van der Waals surface area contributed by atoms with Gasteiger partial charge in [-0.25, -0.2) is 0 Å². The second-order valence-corrected chi connectivity index (χ2v) is 6.57.